The number of nitrogens with one attached hydrogen (secondary N) is 2. The maximum Gasteiger partial charge on any atom is 0.312 e. The Balaban J connectivity index is 2.10. The van der Waals surface area contributed by atoms with Gasteiger partial charge in [0.1, 0.15) is 5.75 Å². The van der Waals surface area contributed by atoms with Gasteiger partial charge in [0.05, 0.1) is 24.2 Å². The van der Waals surface area contributed by atoms with Crippen molar-refractivity contribution in [1.29, 1.82) is 0 Å². The number of fused-ring (bicyclic) bond motifs is 1. The van der Waals surface area contributed by atoms with Crippen molar-refractivity contribution in [3.05, 3.63) is 51.4 Å². The van der Waals surface area contributed by atoms with E-state index in [1.54, 1.807) is 26.0 Å². The topological polar surface area (TPSA) is 104 Å². The predicted octanol–water partition coefficient (Wildman–Crippen LogP) is 2.11. The van der Waals surface area contributed by atoms with Gasteiger partial charge in [-0.25, -0.2) is 0 Å². The Labute approximate surface area is 157 Å². The van der Waals surface area contributed by atoms with Crippen LogP contribution in [0.5, 0.6) is 5.75 Å². The minimum absolute atomic E-state index is 0.0395. The summed E-state index contributed by atoms with van der Waals surface area (Å²) in [6, 6.07) is 7.27. The van der Waals surface area contributed by atoms with E-state index >= 15 is 0 Å². The first-order valence-corrected chi connectivity index (χ1v) is 9.19. The van der Waals surface area contributed by atoms with Gasteiger partial charge in [-0.1, -0.05) is 12.1 Å². The smallest absolute Gasteiger partial charge is 0.312 e. The molecule has 7 nitrogen and oxygen atoms in total. The third-order valence-corrected chi connectivity index (χ3v) is 4.90. The molecule has 7 heteroatoms. The van der Waals surface area contributed by atoms with E-state index < -0.39 is 23.4 Å². The highest BCUT2D eigenvalue weighted by Gasteiger charge is 2.51. The number of hydrogen-bond donors (Lipinski definition) is 3. The number of aliphatic hydroxyl groups is 1. The lowest BCUT2D eigenvalue weighted by molar-refractivity contribution is -0.159. The maximum absolute atomic E-state index is 12.7. The number of esters is 1. The highest BCUT2D eigenvalue weighted by atomic mass is 16.5. The quantitative estimate of drug-likeness (QED) is 0.696. The fourth-order valence-corrected chi connectivity index (χ4v) is 3.87. The number of carbonyl (C=O) groups is 1. The van der Waals surface area contributed by atoms with Gasteiger partial charge in [0.15, 0.2) is 0 Å². The van der Waals surface area contributed by atoms with Crippen molar-refractivity contribution in [2.45, 2.75) is 51.7 Å². The van der Waals surface area contributed by atoms with Crippen molar-refractivity contribution < 1.29 is 19.4 Å². The average Bonchev–Trinajstić information content (AvgIpc) is 2.93. The molecule has 0 amide bonds. The lowest BCUT2D eigenvalue weighted by Gasteiger charge is -2.40. The van der Waals surface area contributed by atoms with Crippen LogP contribution in [0.1, 0.15) is 50.4 Å². The van der Waals surface area contributed by atoms with Crippen molar-refractivity contribution in [2.75, 3.05) is 6.61 Å². The van der Waals surface area contributed by atoms with Crippen LogP contribution in [0.4, 0.5) is 0 Å². The van der Waals surface area contributed by atoms with Gasteiger partial charge in [0.25, 0.3) is 5.56 Å². The molecule has 2 aromatic rings. The molecule has 3 atom stereocenters. The number of rotatable bonds is 5. The summed E-state index contributed by atoms with van der Waals surface area (Å²) in [5, 5.41) is 16.4. The van der Waals surface area contributed by atoms with E-state index in [0.717, 1.165) is 5.56 Å². The first-order chi connectivity index (χ1) is 12.7. The van der Waals surface area contributed by atoms with Crippen LogP contribution < -0.4 is 10.3 Å². The van der Waals surface area contributed by atoms with Gasteiger partial charge >= 0.3 is 5.97 Å². The van der Waals surface area contributed by atoms with Gasteiger partial charge < -0.3 is 19.7 Å². The summed E-state index contributed by atoms with van der Waals surface area (Å²) in [7, 11) is 0. The van der Waals surface area contributed by atoms with Crippen molar-refractivity contribution >= 4 is 5.97 Å². The number of H-pyrrole nitrogens is 2. The first kappa shape index (κ1) is 19.2. The Morgan fingerprint density at radius 2 is 1.96 bits per heavy atom. The summed E-state index contributed by atoms with van der Waals surface area (Å²) in [6.07, 6.45) is 0.202. The van der Waals surface area contributed by atoms with Gasteiger partial charge in [0, 0.05) is 23.6 Å². The Hall–Kier alpha value is -2.54. The molecule has 0 fully saturated rings. The second kappa shape index (κ2) is 7.23. The van der Waals surface area contributed by atoms with E-state index in [0.29, 0.717) is 17.0 Å². The van der Waals surface area contributed by atoms with Crippen molar-refractivity contribution in [2.24, 2.45) is 5.92 Å². The molecule has 1 heterocycles. The van der Waals surface area contributed by atoms with Crippen LogP contribution in [0, 0.1) is 5.92 Å². The second-order valence-electron chi connectivity index (χ2n) is 7.45. The van der Waals surface area contributed by atoms with Gasteiger partial charge in [-0.15, -0.1) is 0 Å². The minimum Gasteiger partial charge on any atom is -0.491 e. The number of aromatic nitrogens is 2. The second-order valence-corrected chi connectivity index (χ2v) is 7.45. The standard InChI is InChI=1S/C20H26N2O5/c1-5-26-19(24)17-15(12-6-8-13(9-7-12)27-11(2)3)16-14(10-20(17,4)25)21-22-18(16)23/h6-9,11,15,17,25H,5,10H2,1-4H3,(H2,21,22,23). The number of benzene rings is 1. The van der Waals surface area contributed by atoms with Gasteiger partial charge in [0.2, 0.25) is 0 Å². The van der Waals surface area contributed by atoms with E-state index in [2.05, 4.69) is 10.2 Å². The van der Waals surface area contributed by atoms with Crippen LogP contribution in [-0.2, 0) is 16.0 Å². The zero-order valence-corrected chi connectivity index (χ0v) is 16.0. The van der Waals surface area contributed by atoms with Crippen molar-refractivity contribution in [3.8, 4) is 5.75 Å². The number of aromatic amines is 2. The lowest BCUT2D eigenvalue weighted by Crippen LogP contribution is -2.50. The Bertz CT molecular complexity index is 863. The molecule has 3 N–H and O–H groups in total. The molecule has 0 aliphatic heterocycles. The van der Waals surface area contributed by atoms with Crippen LogP contribution in [-0.4, -0.2) is 39.6 Å². The molecule has 1 aliphatic carbocycles. The average molecular weight is 374 g/mol. The van der Waals surface area contributed by atoms with Crippen LogP contribution in [0.2, 0.25) is 0 Å². The van der Waals surface area contributed by atoms with Crippen LogP contribution in [0.15, 0.2) is 29.1 Å². The normalized spacial score (nSPS) is 24.5. The third-order valence-electron chi connectivity index (χ3n) is 4.90. The summed E-state index contributed by atoms with van der Waals surface area (Å²) in [6.45, 7) is 7.40. The Morgan fingerprint density at radius 1 is 1.30 bits per heavy atom. The number of ether oxygens (including phenoxy) is 2. The van der Waals surface area contributed by atoms with Crippen molar-refractivity contribution in [3.63, 3.8) is 0 Å². The summed E-state index contributed by atoms with van der Waals surface area (Å²) in [5.41, 5.74) is 0.176. The SMILES string of the molecule is CCOC(=O)C1C(c2ccc(OC(C)C)cc2)c2c([nH][nH]c2=O)CC1(C)O. The predicted molar refractivity (Wildman–Crippen MR) is 99.9 cm³/mol. The Kier molecular flexibility index (Phi) is 5.15. The van der Waals surface area contributed by atoms with Crippen LogP contribution >= 0.6 is 0 Å². The zero-order valence-electron chi connectivity index (χ0n) is 16.0. The molecule has 3 rings (SSSR count). The largest absolute Gasteiger partial charge is 0.491 e. The van der Waals surface area contributed by atoms with Crippen molar-refractivity contribution in [1.82, 2.24) is 10.2 Å². The minimum atomic E-state index is -1.36. The van der Waals surface area contributed by atoms with Crippen LogP contribution in [0.25, 0.3) is 0 Å². The highest BCUT2D eigenvalue weighted by molar-refractivity contribution is 5.77. The molecule has 0 saturated carbocycles. The molecule has 0 bridgehead atoms. The molecule has 27 heavy (non-hydrogen) atoms. The molecule has 146 valence electrons. The molecule has 3 unspecified atom stereocenters. The summed E-state index contributed by atoms with van der Waals surface area (Å²) in [5.74, 6) is -1.32. The van der Waals surface area contributed by atoms with Gasteiger partial charge in [-0.3, -0.25) is 14.7 Å². The van der Waals surface area contributed by atoms with E-state index in [1.807, 2.05) is 26.0 Å². The van der Waals surface area contributed by atoms with Gasteiger partial charge in [-0.2, -0.15) is 0 Å². The maximum atomic E-state index is 12.7. The third kappa shape index (κ3) is 3.64. The van der Waals surface area contributed by atoms with E-state index in [4.69, 9.17) is 9.47 Å². The van der Waals surface area contributed by atoms with E-state index in [9.17, 15) is 14.7 Å². The molecule has 0 radical (unpaired) electrons. The molecule has 1 aromatic carbocycles. The summed E-state index contributed by atoms with van der Waals surface area (Å²) < 4.78 is 10.9. The van der Waals surface area contributed by atoms with E-state index in [1.165, 1.54) is 0 Å². The monoisotopic (exact) mass is 374 g/mol. The van der Waals surface area contributed by atoms with E-state index in [-0.39, 0.29) is 24.7 Å². The molecule has 0 saturated heterocycles. The number of hydrogen-bond acceptors (Lipinski definition) is 5. The fourth-order valence-electron chi connectivity index (χ4n) is 3.87. The number of carbonyl (C=O) groups excluding carboxylic acids is 1. The molecule has 1 aliphatic rings. The lowest BCUT2D eigenvalue weighted by atomic mass is 9.66. The van der Waals surface area contributed by atoms with Gasteiger partial charge in [-0.05, 0) is 45.4 Å². The van der Waals surface area contributed by atoms with Crippen LogP contribution in [0.3, 0.4) is 0 Å². The molecular weight excluding hydrogens is 348 g/mol. The summed E-state index contributed by atoms with van der Waals surface area (Å²) >= 11 is 0. The molecule has 1 aromatic heterocycles. The summed E-state index contributed by atoms with van der Waals surface area (Å²) in [4.78, 5) is 25.2. The highest BCUT2D eigenvalue weighted by Crippen LogP contribution is 2.44. The fraction of sp³-hybridized carbons (Fsp3) is 0.500. The molecular formula is C20H26N2O5. The Morgan fingerprint density at radius 3 is 2.56 bits per heavy atom. The zero-order chi connectivity index (χ0) is 19.8. The first-order valence-electron chi connectivity index (χ1n) is 9.19. The molecule has 0 spiro atoms.